The number of amides is 1. The third-order valence-corrected chi connectivity index (χ3v) is 3.88. The lowest BCUT2D eigenvalue weighted by Gasteiger charge is -2.18. The van der Waals surface area contributed by atoms with Crippen LogP contribution in [0, 0.1) is 11.3 Å². The van der Waals surface area contributed by atoms with Crippen molar-refractivity contribution in [3.8, 4) is 6.07 Å². The van der Waals surface area contributed by atoms with E-state index in [1.165, 1.54) is 7.11 Å². The van der Waals surface area contributed by atoms with Crippen LogP contribution in [0.3, 0.4) is 0 Å². The van der Waals surface area contributed by atoms with Gasteiger partial charge < -0.3 is 10.1 Å². The maximum atomic E-state index is 11.9. The van der Waals surface area contributed by atoms with Gasteiger partial charge in [-0.1, -0.05) is 0 Å². The minimum atomic E-state index is -3.49. The molecular weight excluding hydrogens is 294 g/mol. The summed E-state index contributed by atoms with van der Waals surface area (Å²) in [6, 6.07) is 8.26. The minimum Gasteiger partial charge on any atom is -0.383 e. The van der Waals surface area contributed by atoms with Crippen LogP contribution in [0.4, 0.5) is 5.69 Å². The van der Waals surface area contributed by atoms with Crippen molar-refractivity contribution in [1.82, 2.24) is 4.31 Å². The third kappa shape index (κ3) is 5.91. The van der Waals surface area contributed by atoms with Gasteiger partial charge in [0.2, 0.25) is 15.9 Å². The van der Waals surface area contributed by atoms with E-state index in [0.717, 1.165) is 10.6 Å². The second-order valence-corrected chi connectivity index (χ2v) is 6.31. The third-order valence-electron chi connectivity index (χ3n) is 2.63. The molecule has 1 aromatic carbocycles. The summed E-state index contributed by atoms with van der Waals surface area (Å²) in [5.74, 6) is -0.457. The lowest BCUT2D eigenvalue weighted by molar-refractivity contribution is -0.116. The number of hydrogen-bond donors (Lipinski definition) is 1. The molecule has 0 saturated carbocycles. The number of sulfonamides is 1. The quantitative estimate of drug-likeness (QED) is 0.786. The van der Waals surface area contributed by atoms with E-state index in [4.69, 9.17) is 10.00 Å². The van der Waals surface area contributed by atoms with Crippen molar-refractivity contribution in [3.63, 3.8) is 0 Å². The average molecular weight is 311 g/mol. The predicted octanol–water partition coefficient (Wildman–Crippen LogP) is 0.405. The van der Waals surface area contributed by atoms with Gasteiger partial charge in [0.15, 0.2) is 0 Å². The maximum absolute atomic E-state index is 11.9. The first-order valence-electron chi connectivity index (χ1n) is 6.11. The summed E-state index contributed by atoms with van der Waals surface area (Å²) < 4.78 is 29.0. The van der Waals surface area contributed by atoms with Gasteiger partial charge in [-0.25, -0.2) is 8.42 Å². The molecular formula is C13H17N3O4S. The second kappa shape index (κ2) is 7.73. The van der Waals surface area contributed by atoms with Crippen LogP contribution in [0.2, 0.25) is 0 Å². The van der Waals surface area contributed by atoms with Crippen molar-refractivity contribution in [2.24, 2.45) is 0 Å². The fraction of sp³-hybridized carbons (Fsp3) is 0.385. The molecule has 1 rings (SSSR count). The highest BCUT2D eigenvalue weighted by molar-refractivity contribution is 7.88. The van der Waals surface area contributed by atoms with E-state index in [1.54, 1.807) is 24.3 Å². The number of benzene rings is 1. The van der Waals surface area contributed by atoms with Crippen LogP contribution in [0.5, 0.6) is 0 Å². The maximum Gasteiger partial charge on any atom is 0.239 e. The first-order valence-corrected chi connectivity index (χ1v) is 7.95. The molecule has 0 atom stereocenters. The second-order valence-electron chi connectivity index (χ2n) is 4.33. The first kappa shape index (κ1) is 17.1. The molecule has 0 heterocycles. The lowest BCUT2D eigenvalue weighted by Crippen LogP contribution is -2.39. The van der Waals surface area contributed by atoms with E-state index in [0.29, 0.717) is 11.3 Å². The number of nitrogens with one attached hydrogen (secondary N) is 1. The normalized spacial score (nSPS) is 11.1. The Morgan fingerprint density at radius 3 is 2.48 bits per heavy atom. The zero-order valence-electron chi connectivity index (χ0n) is 11.9. The molecule has 0 fully saturated rings. The minimum absolute atomic E-state index is 0.107. The van der Waals surface area contributed by atoms with E-state index in [2.05, 4.69) is 5.32 Å². The number of methoxy groups -OCH3 is 1. The number of hydrogen-bond acceptors (Lipinski definition) is 5. The number of rotatable bonds is 7. The first-order chi connectivity index (χ1) is 9.86. The Bertz CT molecular complexity index is 620. The smallest absolute Gasteiger partial charge is 0.239 e. The van der Waals surface area contributed by atoms with Crippen molar-refractivity contribution in [2.45, 2.75) is 0 Å². The Labute approximate surface area is 124 Å². The SMILES string of the molecule is COCCN(CC(=O)Nc1ccc(C#N)cc1)S(C)(=O)=O. The van der Waals surface area contributed by atoms with Crippen molar-refractivity contribution < 1.29 is 17.9 Å². The highest BCUT2D eigenvalue weighted by Gasteiger charge is 2.19. The molecule has 0 aliphatic heterocycles. The topological polar surface area (TPSA) is 99.5 Å². The van der Waals surface area contributed by atoms with Crippen LogP contribution >= 0.6 is 0 Å². The van der Waals surface area contributed by atoms with Gasteiger partial charge in [-0.15, -0.1) is 0 Å². The zero-order chi connectivity index (χ0) is 15.9. The van der Waals surface area contributed by atoms with Gasteiger partial charge in [-0.05, 0) is 24.3 Å². The monoisotopic (exact) mass is 311 g/mol. The fourth-order valence-corrected chi connectivity index (χ4v) is 2.30. The number of ether oxygens (including phenoxy) is 1. The van der Waals surface area contributed by atoms with Crippen LogP contribution in [0.25, 0.3) is 0 Å². The van der Waals surface area contributed by atoms with Gasteiger partial charge in [0, 0.05) is 19.3 Å². The van der Waals surface area contributed by atoms with Gasteiger partial charge in [0.1, 0.15) is 0 Å². The van der Waals surface area contributed by atoms with Crippen molar-refractivity contribution in [1.29, 1.82) is 5.26 Å². The molecule has 0 aliphatic carbocycles. The summed E-state index contributed by atoms with van der Waals surface area (Å²) in [5, 5.41) is 11.3. The molecule has 0 bridgehead atoms. The van der Waals surface area contributed by atoms with Crippen molar-refractivity contribution in [2.75, 3.05) is 38.4 Å². The fourth-order valence-electron chi connectivity index (χ4n) is 1.54. The van der Waals surface area contributed by atoms with Crippen LogP contribution in [-0.4, -0.2) is 51.7 Å². The summed E-state index contributed by atoms with van der Waals surface area (Å²) in [6.07, 6.45) is 1.04. The number of nitrogens with zero attached hydrogens (tertiary/aromatic N) is 2. The molecule has 21 heavy (non-hydrogen) atoms. The number of anilines is 1. The van der Waals surface area contributed by atoms with Crippen LogP contribution < -0.4 is 5.32 Å². The molecule has 1 N–H and O–H groups in total. The molecule has 0 unspecified atom stereocenters. The van der Waals surface area contributed by atoms with Gasteiger partial charge in [-0.3, -0.25) is 4.79 Å². The highest BCUT2D eigenvalue weighted by Crippen LogP contribution is 2.09. The van der Waals surface area contributed by atoms with Crippen LogP contribution in [0.15, 0.2) is 24.3 Å². The Morgan fingerprint density at radius 1 is 1.38 bits per heavy atom. The Morgan fingerprint density at radius 2 is 2.00 bits per heavy atom. The summed E-state index contributed by atoms with van der Waals surface area (Å²) >= 11 is 0. The molecule has 7 nitrogen and oxygen atoms in total. The molecule has 0 radical (unpaired) electrons. The van der Waals surface area contributed by atoms with E-state index >= 15 is 0 Å². The number of nitriles is 1. The molecule has 1 amide bonds. The number of carbonyl (C=O) groups excluding carboxylic acids is 1. The molecule has 0 saturated heterocycles. The average Bonchev–Trinajstić information content (AvgIpc) is 2.43. The lowest BCUT2D eigenvalue weighted by atomic mass is 10.2. The van der Waals surface area contributed by atoms with Gasteiger partial charge >= 0.3 is 0 Å². The Hall–Kier alpha value is -1.95. The highest BCUT2D eigenvalue weighted by atomic mass is 32.2. The number of carbonyl (C=O) groups is 1. The van der Waals surface area contributed by atoms with Crippen molar-refractivity contribution >= 4 is 21.6 Å². The molecule has 114 valence electrons. The molecule has 0 aliphatic rings. The van der Waals surface area contributed by atoms with E-state index < -0.39 is 15.9 Å². The molecule has 0 spiro atoms. The Kier molecular flexibility index (Phi) is 6.30. The predicted molar refractivity (Wildman–Crippen MR) is 78.1 cm³/mol. The standard InChI is InChI=1S/C13H17N3O4S/c1-20-8-7-16(21(2,18)19)10-13(17)15-12-5-3-11(9-14)4-6-12/h3-6H,7-8,10H2,1-2H3,(H,15,17). The van der Waals surface area contributed by atoms with E-state index in [-0.39, 0.29) is 19.7 Å². The molecule has 1 aromatic rings. The van der Waals surface area contributed by atoms with Gasteiger partial charge in [-0.2, -0.15) is 9.57 Å². The summed E-state index contributed by atoms with van der Waals surface area (Å²) in [4.78, 5) is 11.9. The Balaban J connectivity index is 2.67. The van der Waals surface area contributed by atoms with Gasteiger partial charge in [0.25, 0.3) is 0 Å². The van der Waals surface area contributed by atoms with Gasteiger partial charge in [0.05, 0.1) is 31.0 Å². The summed E-state index contributed by atoms with van der Waals surface area (Å²) in [6.45, 7) is 0.0233. The molecule has 8 heteroatoms. The summed E-state index contributed by atoms with van der Waals surface area (Å²) in [5.41, 5.74) is 0.977. The summed E-state index contributed by atoms with van der Waals surface area (Å²) in [7, 11) is -2.03. The van der Waals surface area contributed by atoms with E-state index in [9.17, 15) is 13.2 Å². The molecule has 0 aromatic heterocycles. The van der Waals surface area contributed by atoms with Crippen LogP contribution in [-0.2, 0) is 19.6 Å². The zero-order valence-corrected chi connectivity index (χ0v) is 12.7. The van der Waals surface area contributed by atoms with E-state index in [1.807, 2.05) is 6.07 Å². The largest absolute Gasteiger partial charge is 0.383 e. The van der Waals surface area contributed by atoms with Crippen LogP contribution in [0.1, 0.15) is 5.56 Å². The van der Waals surface area contributed by atoms with Crippen molar-refractivity contribution in [3.05, 3.63) is 29.8 Å².